The zero-order valence-electron chi connectivity index (χ0n) is 15.0. The van der Waals surface area contributed by atoms with Gasteiger partial charge < -0.3 is 10.2 Å². The van der Waals surface area contributed by atoms with Crippen LogP contribution in [0.5, 0.6) is 0 Å². The van der Waals surface area contributed by atoms with E-state index in [2.05, 4.69) is 46.5 Å². The molecule has 3 aromatic rings. The summed E-state index contributed by atoms with van der Waals surface area (Å²) in [4.78, 5) is 22.7. The van der Waals surface area contributed by atoms with E-state index in [-0.39, 0.29) is 5.91 Å². The molecular formula is C21H22N4O. The Morgan fingerprint density at radius 1 is 0.962 bits per heavy atom. The topological polar surface area (TPSA) is 58.1 Å². The molecule has 5 nitrogen and oxygen atoms in total. The number of nitrogens with one attached hydrogen (secondary N) is 1. The Labute approximate surface area is 153 Å². The van der Waals surface area contributed by atoms with Crippen molar-refractivity contribution in [2.24, 2.45) is 0 Å². The van der Waals surface area contributed by atoms with Gasteiger partial charge in [0.25, 0.3) is 5.91 Å². The van der Waals surface area contributed by atoms with Crippen LogP contribution >= 0.6 is 0 Å². The molecule has 1 amide bonds. The quantitative estimate of drug-likeness (QED) is 0.740. The highest BCUT2D eigenvalue weighted by molar-refractivity contribution is 5.91. The summed E-state index contributed by atoms with van der Waals surface area (Å²) in [6.07, 6.45) is 3.11. The first-order valence-electron chi connectivity index (χ1n) is 8.52. The first-order chi connectivity index (χ1) is 12.6. The standard InChI is InChI=1S/C21H22N4O/c1-16-8-10-17(11-9-16)12-23-20-14-22-19(13-24-20)21(26)25(2)15-18-6-4-3-5-7-18/h3-11,13-14H,12,15H2,1-2H3,(H,23,24). The summed E-state index contributed by atoms with van der Waals surface area (Å²) in [6, 6.07) is 18.2. The van der Waals surface area contributed by atoms with E-state index >= 15 is 0 Å². The van der Waals surface area contributed by atoms with Gasteiger partial charge in [-0.2, -0.15) is 0 Å². The monoisotopic (exact) mass is 346 g/mol. The number of hydrogen-bond donors (Lipinski definition) is 1. The third kappa shape index (κ3) is 4.66. The lowest BCUT2D eigenvalue weighted by atomic mass is 10.1. The predicted octanol–water partition coefficient (Wildman–Crippen LogP) is 3.67. The van der Waals surface area contributed by atoms with Crippen LogP contribution in [0.4, 0.5) is 5.82 Å². The molecule has 0 saturated heterocycles. The fourth-order valence-electron chi connectivity index (χ4n) is 2.55. The van der Waals surface area contributed by atoms with E-state index in [0.29, 0.717) is 24.6 Å². The molecule has 1 aromatic heterocycles. The fraction of sp³-hybridized carbons (Fsp3) is 0.190. The molecule has 3 rings (SSSR count). The highest BCUT2D eigenvalue weighted by atomic mass is 16.2. The molecule has 1 N–H and O–H groups in total. The van der Waals surface area contributed by atoms with Crippen LogP contribution in [-0.2, 0) is 13.1 Å². The average molecular weight is 346 g/mol. The van der Waals surface area contributed by atoms with Crippen LogP contribution in [0.1, 0.15) is 27.2 Å². The predicted molar refractivity (Wildman–Crippen MR) is 103 cm³/mol. The van der Waals surface area contributed by atoms with Crippen molar-refractivity contribution in [2.75, 3.05) is 12.4 Å². The summed E-state index contributed by atoms with van der Waals surface area (Å²) in [6.45, 7) is 3.26. The molecule has 0 spiro atoms. The Bertz CT molecular complexity index is 845. The number of carbonyl (C=O) groups is 1. The first kappa shape index (κ1) is 17.6. The number of anilines is 1. The molecule has 0 fully saturated rings. The third-order valence-corrected chi connectivity index (χ3v) is 4.07. The van der Waals surface area contributed by atoms with Gasteiger partial charge in [-0.15, -0.1) is 0 Å². The van der Waals surface area contributed by atoms with E-state index in [1.807, 2.05) is 30.3 Å². The van der Waals surface area contributed by atoms with E-state index in [0.717, 1.165) is 5.56 Å². The normalized spacial score (nSPS) is 10.4. The van der Waals surface area contributed by atoms with Crippen molar-refractivity contribution in [3.63, 3.8) is 0 Å². The second-order valence-corrected chi connectivity index (χ2v) is 6.27. The number of rotatable bonds is 6. The van der Waals surface area contributed by atoms with E-state index in [1.165, 1.54) is 17.3 Å². The van der Waals surface area contributed by atoms with Crippen molar-refractivity contribution >= 4 is 11.7 Å². The van der Waals surface area contributed by atoms with Gasteiger partial charge in [-0.3, -0.25) is 4.79 Å². The lowest BCUT2D eigenvalue weighted by Crippen LogP contribution is -2.27. The summed E-state index contributed by atoms with van der Waals surface area (Å²) < 4.78 is 0. The molecule has 0 radical (unpaired) electrons. The van der Waals surface area contributed by atoms with Crippen molar-refractivity contribution in [1.82, 2.24) is 14.9 Å². The Balaban J connectivity index is 1.57. The largest absolute Gasteiger partial charge is 0.365 e. The molecule has 132 valence electrons. The number of nitrogens with zero attached hydrogens (tertiary/aromatic N) is 3. The van der Waals surface area contributed by atoms with Gasteiger partial charge in [-0.25, -0.2) is 9.97 Å². The van der Waals surface area contributed by atoms with Crippen LogP contribution in [0.2, 0.25) is 0 Å². The van der Waals surface area contributed by atoms with Crippen LogP contribution < -0.4 is 5.32 Å². The minimum Gasteiger partial charge on any atom is -0.365 e. The summed E-state index contributed by atoms with van der Waals surface area (Å²) >= 11 is 0. The molecule has 1 heterocycles. The van der Waals surface area contributed by atoms with E-state index < -0.39 is 0 Å². The lowest BCUT2D eigenvalue weighted by molar-refractivity contribution is 0.0779. The maximum atomic E-state index is 12.5. The van der Waals surface area contributed by atoms with Crippen LogP contribution in [0.3, 0.4) is 0 Å². The van der Waals surface area contributed by atoms with Crippen molar-refractivity contribution < 1.29 is 4.79 Å². The van der Waals surface area contributed by atoms with Crippen LogP contribution in [0.25, 0.3) is 0 Å². The molecule has 5 heteroatoms. The number of amides is 1. The van der Waals surface area contributed by atoms with E-state index in [4.69, 9.17) is 0 Å². The van der Waals surface area contributed by atoms with E-state index in [1.54, 1.807) is 18.1 Å². The molecular weight excluding hydrogens is 324 g/mol. The van der Waals surface area contributed by atoms with Gasteiger partial charge in [0, 0.05) is 20.1 Å². The first-order valence-corrected chi connectivity index (χ1v) is 8.52. The van der Waals surface area contributed by atoms with Crippen LogP contribution in [0, 0.1) is 6.92 Å². The Kier molecular flexibility index (Phi) is 5.59. The molecule has 26 heavy (non-hydrogen) atoms. The minimum absolute atomic E-state index is 0.147. The maximum Gasteiger partial charge on any atom is 0.274 e. The summed E-state index contributed by atoms with van der Waals surface area (Å²) in [7, 11) is 1.76. The van der Waals surface area contributed by atoms with Gasteiger partial charge >= 0.3 is 0 Å². The van der Waals surface area contributed by atoms with Crippen LogP contribution in [0.15, 0.2) is 67.0 Å². The summed E-state index contributed by atoms with van der Waals surface area (Å²) in [5, 5.41) is 3.22. The molecule has 0 bridgehead atoms. The van der Waals surface area contributed by atoms with Crippen molar-refractivity contribution in [3.05, 3.63) is 89.4 Å². The molecule has 0 aliphatic heterocycles. The molecule has 0 aliphatic carbocycles. The highest BCUT2D eigenvalue weighted by Crippen LogP contribution is 2.09. The Morgan fingerprint density at radius 2 is 1.69 bits per heavy atom. The zero-order valence-corrected chi connectivity index (χ0v) is 15.0. The van der Waals surface area contributed by atoms with Gasteiger partial charge in [-0.05, 0) is 18.1 Å². The number of benzene rings is 2. The molecule has 2 aromatic carbocycles. The number of aromatic nitrogens is 2. The van der Waals surface area contributed by atoms with Gasteiger partial charge in [0.05, 0.1) is 12.4 Å². The van der Waals surface area contributed by atoms with Crippen molar-refractivity contribution in [2.45, 2.75) is 20.0 Å². The number of hydrogen-bond acceptors (Lipinski definition) is 4. The van der Waals surface area contributed by atoms with Crippen LogP contribution in [-0.4, -0.2) is 27.8 Å². The SMILES string of the molecule is Cc1ccc(CNc2cnc(C(=O)N(C)Cc3ccccc3)cn2)cc1. The summed E-state index contributed by atoms with van der Waals surface area (Å²) in [5.74, 6) is 0.499. The third-order valence-electron chi connectivity index (χ3n) is 4.07. The molecule has 0 atom stereocenters. The van der Waals surface area contributed by atoms with Gasteiger partial charge in [-0.1, -0.05) is 60.2 Å². The second kappa shape index (κ2) is 8.25. The minimum atomic E-state index is -0.147. The molecule has 0 unspecified atom stereocenters. The lowest BCUT2D eigenvalue weighted by Gasteiger charge is -2.16. The molecule has 0 aliphatic rings. The van der Waals surface area contributed by atoms with Crippen molar-refractivity contribution in [3.8, 4) is 0 Å². The number of carbonyl (C=O) groups excluding carboxylic acids is 1. The fourth-order valence-corrected chi connectivity index (χ4v) is 2.55. The highest BCUT2D eigenvalue weighted by Gasteiger charge is 2.14. The van der Waals surface area contributed by atoms with Gasteiger partial charge in [0.1, 0.15) is 11.5 Å². The van der Waals surface area contributed by atoms with Gasteiger partial charge in [0.15, 0.2) is 0 Å². The zero-order chi connectivity index (χ0) is 18.4. The smallest absolute Gasteiger partial charge is 0.274 e. The average Bonchev–Trinajstić information content (AvgIpc) is 2.68. The Hall–Kier alpha value is -3.21. The van der Waals surface area contributed by atoms with Gasteiger partial charge in [0.2, 0.25) is 0 Å². The second-order valence-electron chi connectivity index (χ2n) is 6.27. The summed E-state index contributed by atoms with van der Waals surface area (Å²) in [5.41, 5.74) is 3.81. The Morgan fingerprint density at radius 3 is 2.35 bits per heavy atom. The molecule has 0 saturated carbocycles. The van der Waals surface area contributed by atoms with E-state index in [9.17, 15) is 4.79 Å². The maximum absolute atomic E-state index is 12.5. The van der Waals surface area contributed by atoms with Crippen molar-refractivity contribution in [1.29, 1.82) is 0 Å². The number of aryl methyl sites for hydroxylation is 1.